The lowest BCUT2D eigenvalue weighted by Gasteiger charge is -2.27. The minimum absolute atomic E-state index is 0.113. The van der Waals surface area contributed by atoms with Gasteiger partial charge in [-0.3, -0.25) is 4.79 Å². The van der Waals surface area contributed by atoms with Gasteiger partial charge < -0.3 is 16.0 Å². The van der Waals surface area contributed by atoms with E-state index in [4.69, 9.17) is 0 Å². The highest BCUT2D eigenvalue weighted by Gasteiger charge is 2.30. The summed E-state index contributed by atoms with van der Waals surface area (Å²) >= 11 is 0. The van der Waals surface area contributed by atoms with E-state index in [-0.39, 0.29) is 18.0 Å². The van der Waals surface area contributed by atoms with E-state index in [1.165, 1.54) is 32.7 Å². The fraction of sp³-hybridized carbons (Fsp3) is 0.846. The molecule has 5 heteroatoms. The fourth-order valence-corrected chi connectivity index (χ4v) is 2.19. The number of amides is 3. The van der Waals surface area contributed by atoms with Crippen LogP contribution in [0.25, 0.3) is 0 Å². The van der Waals surface area contributed by atoms with E-state index < -0.39 is 5.54 Å². The maximum absolute atomic E-state index is 12.1. The molecule has 5 nitrogen and oxygen atoms in total. The molecule has 1 fully saturated rings. The summed E-state index contributed by atoms with van der Waals surface area (Å²) in [5, 5.41) is 8.16. The van der Waals surface area contributed by atoms with Crippen molar-refractivity contribution in [1.82, 2.24) is 16.0 Å². The van der Waals surface area contributed by atoms with Gasteiger partial charge in [0.15, 0.2) is 0 Å². The Labute approximate surface area is 109 Å². The highest BCUT2D eigenvalue weighted by atomic mass is 16.2. The van der Waals surface area contributed by atoms with E-state index in [1.54, 1.807) is 13.8 Å². The van der Waals surface area contributed by atoms with Crippen molar-refractivity contribution >= 4 is 11.9 Å². The van der Waals surface area contributed by atoms with Gasteiger partial charge in [-0.15, -0.1) is 0 Å². The van der Waals surface area contributed by atoms with Gasteiger partial charge >= 0.3 is 6.03 Å². The Bertz CT molecular complexity index is 295. The normalized spacial score (nSPS) is 17.7. The predicted molar refractivity (Wildman–Crippen MR) is 71.3 cm³/mol. The van der Waals surface area contributed by atoms with Gasteiger partial charge in [-0.1, -0.05) is 25.7 Å². The molecule has 1 aliphatic rings. The Kier molecular flexibility index (Phi) is 5.44. The summed E-state index contributed by atoms with van der Waals surface area (Å²) in [5.41, 5.74) is -0.883. The van der Waals surface area contributed by atoms with Crippen LogP contribution >= 0.6 is 0 Å². The third-order valence-electron chi connectivity index (χ3n) is 3.41. The first kappa shape index (κ1) is 14.8. The Hall–Kier alpha value is -1.26. The first-order valence-corrected chi connectivity index (χ1v) is 6.76. The van der Waals surface area contributed by atoms with Crippen LogP contribution in [0.1, 0.15) is 52.4 Å². The number of hydrogen-bond acceptors (Lipinski definition) is 2. The average Bonchev–Trinajstić information content (AvgIpc) is 2.57. The topological polar surface area (TPSA) is 70.2 Å². The summed E-state index contributed by atoms with van der Waals surface area (Å²) < 4.78 is 0. The molecular formula is C13H25N3O2. The van der Waals surface area contributed by atoms with Crippen molar-refractivity contribution in [2.45, 2.75) is 64.0 Å². The lowest BCUT2D eigenvalue weighted by Crippen LogP contribution is -2.58. The second-order valence-corrected chi connectivity index (χ2v) is 5.49. The van der Waals surface area contributed by atoms with E-state index in [1.807, 2.05) is 0 Å². The largest absolute Gasteiger partial charge is 0.351 e. The molecule has 104 valence electrons. The summed E-state index contributed by atoms with van der Waals surface area (Å²) in [6.45, 7) is 3.43. The average molecular weight is 255 g/mol. The van der Waals surface area contributed by atoms with E-state index in [9.17, 15) is 9.59 Å². The standard InChI is InChI=1S/C13H25N3O2/c1-13(2,16-12(18)14-3)11(17)15-10-8-6-4-5-7-9-10/h10H,4-9H2,1-3H3,(H,15,17)(H2,14,16,18). The minimum atomic E-state index is -0.883. The van der Waals surface area contributed by atoms with Crippen LogP contribution in [0.4, 0.5) is 4.79 Å². The van der Waals surface area contributed by atoms with Crippen LogP contribution < -0.4 is 16.0 Å². The second-order valence-electron chi connectivity index (χ2n) is 5.49. The monoisotopic (exact) mass is 255 g/mol. The van der Waals surface area contributed by atoms with E-state index in [0.717, 1.165) is 12.8 Å². The Balaban J connectivity index is 2.49. The van der Waals surface area contributed by atoms with Gasteiger partial charge in [0, 0.05) is 13.1 Å². The molecule has 0 heterocycles. The smallest absolute Gasteiger partial charge is 0.315 e. The van der Waals surface area contributed by atoms with Crippen LogP contribution in [0.5, 0.6) is 0 Å². The lowest BCUT2D eigenvalue weighted by atomic mass is 10.0. The summed E-state index contributed by atoms with van der Waals surface area (Å²) in [6.07, 6.45) is 6.95. The first-order valence-electron chi connectivity index (χ1n) is 6.76. The maximum Gasteiger partial charge on any atom is 0.315 e. The SMILES string of the molecule is CNC(=O)NC(C)(C)C(=O)NC1CCCCCC1. The van der Waals surface area contributed by atoms with Gasteiger partial charge in [0.1, 0.15) is 5.54 Å². The molecule has 0 aromatic rings. The minimum Gasteiger partial charge on any atom is -0.351 e. The number of rotatable bonds is 3. The summed E-state index contributed by atoms with van der Waals surface area (Å²) in [5.74, 6) is -0.113. The molecule has 0 spiro atoms. The van der Waals surface area contributed by atoms with Crippen molar-refractivity contribution in [3.05, 3.63) is 0 Å². The van der Waals surface area contributed by atoms with Gasteiger partial charge in [-0.25, -0.2) is 4.79 Å². The molecule has 0 bridgehead atoms. The van der Waals surface area contributed by atoms with E-state index in [2.05, 4.69) is 16.0 Å². The van der Waals surface area contributed by atoms with Gasteiger partial charge in [0.05, 0.1) is 0 Å². The molecule has 0 aliphatic heterocycles. The molecule has 18 heavy (non-hydrogen) atoms. The van der Waals surface area contributed by atoms with Crippen molar-refractivity contribution in [2.24, 2.45) is 0 Å². The molecule has 0 aromatic carbocycles. The lowest BCUT2D eigenvalue weighted by molar-refractivity contribution is -0.126. The zero-order valence-electron chi connectivity index (χ0n) is 11.6. The molecule has 0 unspecified atom stereocenters. The Morgan fingerprint density at radius 2 is 1.61 bits per heavy atom. The fourth-order valence-electron chi connectivity index (χ4n) is 2.19. The van der Waals surface area contributed by atoms with Crippen LogP contribution in [0.2, 0.25) is 0 Å². The highest BCUT2D eigenvalue weighted by Crippen LogP contribution is 2.18. The third kappa shape index (κ3) is 4.55. The maximum atomic E-state index is 12.1. The first-order chi connectivity index (χ1) is 8.45. The van der Waals surface area contributed by atoms with Crippen molar-refractivity contribution < 1.29 is 9.59 Å². The predicted octanol–water partition coefficient (Wildman–Crippen LogP) is 1.53. The summed E-state index contributed by atoms with van der Waals surface area (Å²) in [7, 11) is 1.54. The quantitative estimate of drug-likeness (QED) is 0.669. The van der Waals surface area contributed by atoms with Crippen LogP contribution in [0.3, 0.4) is 0 Å². The Morgan fingerprint density at radius 3 is 2.11 bits per heavy atom. The number of hydrogen-bond donors (Lipinski definition) is 3. The van der Waals surface area contributed by atoms with Crippen LogP contribution in [-0.4, -0.2) is 30.6 Å². The van der Waals surface area contributed by atoms with Crippen molar-refractivity contribution in [3.63, 3.8) is 0 Å². The van der Waals surface area contributed by atoms with Crippen LogP contribution in [0.15, 0.2) is 0 Å². The second kappa shape index (κ2) is 6.61. The molecule has 0 saturated heterocycles. The van der Waals surface area contributed by atoms with E-state index >= 15 is 0 Å². The number of carbonyl (C=O) groups excluding carboxylic acids is 2. The number of carbonyl (C=O) groups is 2. The zero-order chi connectivity index (χ0) is 13.6. The van der Waals surface area contributed by atoms with E-state index in [0.29, 0.717) is 0 Å². The Morgan fingerprint density at radius 1 is 1.06 bits per heavy atom. The van der Waals surface area contributed by atoms with Crippen molar-refractivity contribution in [2.75, 3.05) is 7.05 Å². The molecule has 1 rings (SSSR count). The van der Waals surface area contributed by atoms with Gasteiger partial charge in [0.25, 0.3) is 0 Å². The van der Waals surface area contributed by atoms with Gasteiger partial charge in [-0.2, -0.15) is 0 Å². The number of nitrogens with one attached hydrogen (secondary N) is 3. The van der Waals surface area contributed by atoms with Crippen LogP contribution in [-0.2, 0) is 4.79 Å². The van der Waals surface area contributed by atoms with Crippen molar-refractivity contribution in [3.8, 4) is 0 Å². The van der Waals surface area contributed by atoms with Crippen LogP contribution in [0, 0.1) is 0 Å². The number of urea groups is 1. The third-order valence-corrected chi connectivity index (χ3v) is 3.41. The molecule has 1 saturated carbocycles. The highest BCUT2D eigenvalue weighted by molar-refractivity contribution is 5.90. The molecule has 1 aliphatic carbocycles. The van der Waals surface area contributed by atoms with Gasteiger partial charge in [-0.05, 0) is 26.7 Å². The summed E-state index contributed by atoms with van der Waals surface area (Å²) in [6, 6.07) is -0.0817. The molecule has 0 atom stereocenters. The molecule has 3 amide bonds. The van der Waals surface area contributed by atoms with Crippen molar-refractivity contribution in [1.29, 1.82) is 0 Å². The molecule has 0 radical (unpaired) electrons. The molecule has 0 aromatic heterocycles. The summed E-state index contributed by atoms with van der Waals surface area (Å²) in [4.78, 5) is 23.4. The zero-order valence-corrected chi connectivity index (χ0v) is 11.6. The van der Waals surface area contributed by atoms with Gasteiger partial charge in [0.2, 0.25) is 5.91 Å². The molecular weight excluding hydrogens is 230 g/mol. The molecule has 3 N–H and O–H groups in total.